The number of halogens is 1. The number of benzene rings is 2. The normalized spacial score (nSPS) is 24.7. The van der Waals surface area contributed by atoms with Crippen LogP contribution in [0.2, 0.25) is 0 Å². The Kier molecular flexibility index (Phi) is 5.17. The molecule has 0 saturated carbocycles. The molecule has 1 saturated heterocycles. The molecule has 2 aromatic carbocycles. The highest BCUT2D eigenvalue weighted by atomic mass is 35.5. The molecule has 2 nitrogen and oxygen atoms in total. The van der Waals surface area contributed by atoms with E-state index in [1.165, 1.54) is 23.1 Å². The van der Waals surface area contributed by atoms with Gasteiger partial charge in [-0.05, 0) is 60.4 Å². The van der Waals surface area contributed by atoms with Gasteiger partial charge in [-0.1, -0.05) is 36.4 Å². The molecule has 4 rings (SSSR count). The molecule has 1 unspecified atom stereocenters. The van der Waals surface area contributed by atoms with Crippen molar-refractivity contribution in [2.24, 2.45) is 5.92 Å². The smallest absolute Gasteiger partial charge is 0.122 e. The molecular weight excluding hydrogens is 318 g/mol. The number of methoxy groups -OCH3 is 1. The minimum Gasteiger partial charge on any atom is -0.496 e. The molecule has 3 heteroatoms. The van der Waals surface area contributed by atoms with Crippen LogP contribution in [0, 0.1) is 12.8 Å². The molecule has 0 radical (unpaired) electrons. The van der Waals surface area contributed by atoms with Gasteiger partial charge >= 0.3 is 0 Å². The number of fused-ring (bicyclic) bond motifs is 3. The third-order valence-corrected chi connectivity index (χ3v) is 5.78. The standard InChI is InChI=1S/C21H25NO.ClH/c1-14-8-11-20(23-2)17-10-9-16-18(21(14)17)13-22-19(16)12-15-6-4-3-5-7-15;/h3-8,11,16,18-19,22H,9-10,12-13H2,1-2H3;1H/t16?,18-,19+;/m0./s1. The molecule has 0 aromatic heterocycles. The van der Waals surface area contributed by atoms with Crippen molar-refractivity contribution < 1.29 is 4.74 Å². The third kappa shape index (κ3) is 2.94. The predicted octanol–water partition coefficient (Wildman–Crippen LogP) is 4.29. The number of ether oxygens (including phenoxy) is 1. The van der Waals surface area contributed by atoms with E-state index in [4.69, 9.17) is 4.74 Å². The zero-order valence-electron chi connectivity index (χ0n) is 14.4. The topological polar surface area (TPSA) is 21.3 Å². The van der Waals surface area contributed by atoms with Crippen molar-refractivity contribution in [3.8, 4) is 5.75 Å². The van der Waals surface area contributed by atoms with E-state index in [1.54, 1.807) is 12.7 Å². The lowest BCUT2D eigenvalue weighted by Gasteiger charge is -2.33. The highest BCUT2D eigenvalue weighted by Gasteiger charge is 2.41. The maximum Gasteiger partial charge on any atom is 0.122 e. The summed E-state index contributed by atoms with van der Waals surface area (Å²) in [5.74, 6) is 2.46. The fourth-order valence-corrected chi connectivity index (χ4v) is 4.71. The summed E-state index contributed by atoms with van der Waals surface area (Å²) >= 11 is 0. The Morgan fingerprint density at radius 3 is 2.67 bits per heavy atom. The fraction of sp³-hybridized carbons (Fsp3) is 0.429. The van der Waals surface area contributed by atoms with Crippen molar-refractivity contribution in [3.05, 3.63) is 64.7 Å². The molecule has 1 N–H and O–H groups in total. The summed E-state index contributed by atoms with van der Waals surface area (Å²) in [4.78, 5) is 0. The molecule has 0 spiro atoms. The van der Waals surface area contributed by atoms with E-state index in [9.17, 15) is 0 Å². The molecule has 0 amide bonds. The van der Waals surface area contributed by atoms with Crippen LogP contribution < -0.4 is 10.1 Å². The summed E-state index contributed by atoms with van der Waals surface area (Å²) in [5, 5.41) is 3.81. The van der Waals surface area contributed by atoms with E-state index in [2.05, 4.69) is 54.7 Å². The first-order chi connectivity index (χ1) is 11.3. The first-order valence-corrected chi connectivity index (χ1v) is 8.71. The van der Waals surface area contributed by atoms with Crippen molar-refractivity contribution in [2.45, 2.75) is 38.1 Å². The van der Waals surface area contributed by atoms with Crippen molar-refractivity contribution in [3.63, 3.8) is 0 Å². The molecule has 1 aliphatic heterocycles. The summed E-state index contributed by atoms with van der Waals surface area (Å²) in [6.45, 7) is 3.36. The second-order valence-electron chi connectivity index (χ2n) is 6.99. The van der Waals surface area contributed by atoms with Crippen LogP contribution >= 0.6 is 12.4 Å². The van der Waals surface area contributed by atoms with E-state index >= 15 is 0 Å². The van der Waals surface area contributed by atoms with Crippen LogP contribution in [0.1, 0.15) is 34.6 Å². The van der Waals surface area contributed by atoms with Gasteiger partial charge in [0, 0.05) is 18.5 Å². The van der Waals surface area contributed by atoms with Gasteiger partial charge in [-0.15, -0.1) is 12.4 Å². The molecule has 128 valence electrons. The van der Waals surface area contributed by atoms with E-state index in [1.807, 2.05) is 0 Å². The van der Waals surface area contributed by atoms with Gasteiger partial charge in [0.2, 0.25) is 0 Å². The maximum atomic E-state index is 5.62. The van der Waals surface area contributed by atoms with Crippen LogP contribution in [0.4, 0.5) is 0 Å². The van der Waals surface area contributed by atoms with Crippen LogP contribution in [0.3, 0.4) is 0 Å². The average molecular weight is 344 g/mol. The van der Waals surface area contributed by atoms with Crippen LogP contribution in [0.5, 0.6) is 5.75 Å². The summed E-state index contributed by atoms with van der Waals surface area (Å²) in [6.07, 6.45) is 3.55. The van der Waals surface area contributed by atoms with Gasteiger partial charge in [0.25, 0.3) is 0 Å². The lowest BCUT2D eigenvalue weighted by atomic mass is 9.72. The lowest BCUT2D eigenvalue weighted by molar-refractivity contribution is 0.358. The van der Waals surface area contributed by atoms with Crippen molar-refractivity contribution >= 4 is 12.4 Å². The first-order valence-electron chi connectivity index (χ1n) is 8.71. The second-order valence-corrected chi connectivity index (χ2v) is 6.99. The second kappa shape index (κ2) is 7.16. The Hall–Kier alpha value is -1.51. The molecule has 1 aliphatic carbocycles. The molecule has 2 aliphatic rings. The van der Waals surface area contributed by atoms with Gasteiger partial charge in [0.05, 0.1) is 7.11 Å². The first kappa shape index (κ1) is 17.3. The Morgan fingerprint density at radius 2 is 1.92 bits per heavy atom. The van der Waals surface area contributed by atoms with Crippen LogP contribution in [-0.2, 0) is 12.8 Å². The van der Waals surface area contributed by atoms with E-state index in [0.717, 1.165) is 31.1 Å². The Labute approximate surface area is 151 Å². The largest absolute Gasteiger partial charge is 0.496 e. The quantitative estimate of drug-likeness (QED) is 0.897. The van der Waals surface area contributed by atoms with Crippen molar-refractivity contribution in [2.75, 3.05) is 13.7 Å². The van der Waals surface area contributed by atoms with Gasteiger partial charge in [-0.25, -0.2) is 0 Å². The molecule has 1 heterocycles. The number of rotatable bonds is 3. The maximum absolute atomic E-state index is 5.62. The number of hydrogen-bond acceptors (Lipinski definition) is 2. The van der Waals surface area contributed by atoms with Gasteiger partial charge in [0.15, 0.2) is 0 Å². The summed E-state index contributed by atoms with van der Waals surface area (Å²) in [7, 11) is 1.79. The molecule has 24 heavy (non-hydrogen) atoms. The SMILES string of the molecule is COc1ccc(C)c2c1CCC1[C@@H]2CN[C@@H]1Cc1ccccc1.Cl. The number of hydrogen-bond donors (Lipinski definition) is 1. The Balaban J connectivity index is 0.00000169. The summed E-state index contributed by atoms with van der Waals surface area (Å²) in [5.41, 5.74) is 5.89. The summed E-state index contributed by atoms with van der Waals surface area (Å²) in [6, 6.07) is 15.9. The molecular formula is C21H26ClNO. The van der Waals surface area contributed by atoms with E-state index < -0.39 is 0 Å². The monoisotopic (exact) mass is 343 g/mol. The highest BCUT2D eigenvalue weighted by Crippen LogP contribution is 2.45. The Bertz CT molecular complexity index is 700. The van der Waals surface area contributed by atoms with Crippen molar-refractivity contribution in [1.29, 1.82) is 0 Å². The van der Waals surface area contributed by atoms with Crippen LogP contribution in [0.15, 0.2) is 42.5 Å². The van der Waals surface area contributed by atoms with Gasteiger partial charge < -0.3 is 10.1 Å². The highest BCUT2D eigenvalue weighted by molar-refractivity contribution is 5.85. The minimum atomic E-state index is 0. The number of nitrogens with one attached hydrogen (secondary N) is 1. The lowest BCUT2D eigenvalue weighted by Crippen LogP contribution is -2.31. The third-order valence-electron chi connectivity index (χ3n) is 5.78. The van der Waals surface area contributed by atoms with E-state index in [0.29, 0.717) is 12.0 Å². The van der Waals surface area contributed by atoms with Gasteiger partial charge in [0.1, 0.15) is 5.75 Å². The molecule has 2 aromatic rings. The average Bonchev–Trinajstić information content (AvgIpc) is 2.99. The fourth-order valence-electron chi connectivity index (χ4n) is 4.71. The van der Waals surface area contributed by atoms with Crippen LogP contribution in [0.25, 0.3) is 0 Å². The zero-order chi connectivity index (χ0) is 15.8. The number of aryl methyl sites for hydroxylation is 1. The Morgan fingerprint density at radius 1 is 1.12 bits per heavy atom. The molecule has 0 bridgehead atoms. The van der Waals surface area contributed by atoms with Gasteiger partial charge in [-0.2, -0.15) is 0 Å². The van der Waals surface area contributed by atoms with Crippen LogP contribution in [-0.4, -0.2) is 19.7 Å². The van der Waals surface area contributed by atoms with Gasteiger partial charge in [-0.3, -0.25) is 0 Å². The zero-order valence-corrected chi connectivity index (χ0v) is 15.2. The van der Waals surface area contributed by atoms with Crippen molar-refractivity contribution in [1.82, 2.24) is 5.32 Å². The minimum absolute atomic E-state index is 0. The molecule has 3 atom stereocenters. The summed E-state index contributed by atoms with van der Waals surface area (Å²) < 4.78 is 5.62. The molecule has 1 fully saturated rings. The predicted molar refractivity (Wildman–Crippen MR) is 101 cm³/mol. The van der Waals surface area contributed by atoms with E-state index in [-0.39, 0.29) is 12.4 Å².